The van der Waals surface area contributed by atoms with E-state index in [0.717, 1.165) is 19.4 Å². The second kappa shape index (κ2) is 5.68. The summed E-state index contributed by atoms with van der Waals surface area (Å²) in [6.45, 7) is 3.63. The molecule has 1 aliphatic heterocycles. The number of benzene rings is 1. The second-order valence-electron chi connectivity index (χ2n) is 6.80. The van der Waals surface area contributed by atoms with Gasteiger partial charge >= 0.3 is 6.03 Å². The molecule has 2 aliphatic rings. The van der Waals surface area contributed by atoms with Gasteiger partial charge in [0.1, 0.15) is 0 Å². The molecule has 1 saturated heterocycles. The van der Waals surface area contributed by atoms with Crippen molar-refractivity contribution >= 4 is 6.03 Å². The Balaban J connectivity index is 1.39. The zero-order valence-corrected chi connectivity index (χ0v) is 12.6. The molecule has 0 unspecified atom stereocenters. The fourth-order valence-corrected chi connectivity index (χ4v) is 3.36. The van der Waals surface area contributed by atoms with E-state index in [-0.39, 0.29) is 6.03 Å². The van der Waals surface area contributed by atoms with Gasteiger partial charge in [-0.15, -0.1) is 0 Å². The van der Waals surface area contributed by atoms with E-state index in [2.05, 4.69) is 29.6 Å². The highest BCUT2D eigenvalue weighted by atomic mass is 16.3. The first kappa shape index (κ1) is 14.4. The molecule has 0 spiro atoms. The Morgan fingerprint density at radius 2 is 2.10 bits per heavy atom. The van der Waals surface area contributed by atoms with E-state index >= 15 is 0 Å². The van der Waals surface area contributed by atoms with Crippen molar-refractivity contribution in [3.63, 3.8) is 0 Å². The first-order chi connectivity index (χ1) is 10.0. The molecule has 1 aromatic rings. The molecule has 0 radical (unpaired) electrons. The lowest BCUT2D eigenvalue weighted by molar-refractivity contribution is 0.0717. The number of nitrogens with zero attached hydrogens (tertiary/aromatic N) is 1. The molecule has 1 heterocycles. The standard InChI is InChI=1S/C17H24N2O2/c1-17(21)7-8-19(12-17)16(20)18-11-13-9-15(10-13)14-5-3-2-4-6-14/h2-6,13,15,21H,7-12H2,1H3,(H,18,20)/t13?,15?,17-/m1/s1. The molecule has 0 aromatic heterocycles. The molecule has 21 heavy (non-hydrogen) atoms. The number of rotatable bonds is 3. The van der Waals surface area contributed by atoms with Crippen molar-refractivity contribution < 1.29 is 9.90 Å². The lowest BCUT2D eigenvalue weighted by atomic mass is 9.71. The van der Waals surface area contributed by atoms with Crippen molar-refractivity contribution in [1.29, 1.82) is 0 Å². The third-order valence-electron chi connectivity index (χ3n) is 4.79. The van der Waals surface area contributed by atoms with Crippen LogP contribution < -0.4 is 5.32 Å². The zero-order chi connectivity index (χ0) is 14.9. The van der Waals surface area contributed by atoms with Gasteiger partial charge < -0.3 is 15.3 Å². The van der Waals surface area contributed by atoms with Gasteiger partial charge in [0.05, 0.1) is 12.1 Å². The number of hydrogen-bond acceptors (Lipinski definition) is 2. The molecule has 4 heteroatoms. The van der Waals surface area contributed by atoms with Crippen molar-refractivity contribution in [2.45, 2.75) is 37.7 Å². The highest BCUT2D eigenvalue weighted by Gasteiger charge is 2.35. The molecule has 4 nitrogen and oxygen atoms in total. The van der Waals surface area contributed by atoms with Crippen molar-refractivity contribution in [1.82, 2.24) is 10.2 Å². The third-order valence-corrected chi connectivity index (χ3v) is 4.79. The number of aliphatic hydroxyl groups is 1. The largest absolute Gasteiger partial charge is 0.388 e. The van der Waals surface area contributed by atoms with E-state index in [1.54, 1.807) is 11.8 Å². The van der Waals surface area contributed by atoms with Crippen LogP contribution in [0.1, 0.15) is 37.7 Å². The van der Waals surface area contributed by atoms with Crippen LogP contribution in [-0.4, -0.2) is 41.3 Å². The Morgan fingerprint density at radius 1 is 1.38 bits per heavy atom. The Kier molecular flexibility index (Phi) is 3.89. The lowest BCUT2D eigenvalue weighted by Crippen LogP contribution is -2.43. The van der Waals surface area contributed by atoms with Gasteiger partial charge in [0.15, 0.2) is 0 Å². The van der Waals surface area contributed by atoms with E-state index in [4.69, 9.17) is 0 Å². The van der Waals surface area contributed by atoms with Gasteiger partial charge in [-0.2, -0.15) is 0 Å². The lowest BCUT2D eigenvalue weighted by Gasteiger charge is -2.36. The maximum atomic E-state index is 12.0. The minimum atomic E-state index is -0.716. The average molecular weight is 288 g/mol. The summed E-state index contributed by atoms with van der Waals surface area (Å²) in [5.41, 5.74) is 0.697. The quantitative estimate of drug-likeness (QED) is 0.897. The number of hydrogen-bond donors (Lipinski definition) is 2. The minimum Gasteiger partial charge on any atom is -0.388 e. The fourth-order valence-electron chi connectivity index (χ4n) is 3.36. The maximum Gasteiger partial charge on any atom is 0.317 e. The predicted molar refractivity (Wildman–Crippen MR) is 82.1 cm³/mol. The van der Waals surface area contributed by atoms with Gasteiger partial charge in [-0.1, -0.05) is 30.3 Å². The van der Waals surface area contributed by atoms with Crippen LogP contribution in [-0.2, 0) is 0 Å². The highest BCUT2D eigenvalue weighted by molar-refractivity contribution is 5.74. The first-order valence-corrected chi connectivity index (χ1v) is 7.84. The topological polar surface area (TPSA) is 52.6 Å². The van der Waals surface area contributed by atoms with Gasteiger partial charge in [0, 0.05) is 13.1 Å². The van der Waals surface area contributed by atoms with Gasteiger partial charge in [-0.05, 0) is 43.6 Å². The zero-order valence-electron chi connectivity index (χ0n) is 12.6. The van der Waals surface area contributed by atoms with Crippen LogP contribution >= 0.6 is 0 Å². The van der Waals surface area contributed by atoms with Gasteiger partial charge in [0.25, 0.3) is 0 Å². The van der Waals surface area contributed by atoms with E-state index in [1.165, 1.54) is 5.56 Å². The van der Waals surface area contributed by atoms with Crippen molar-refractivity contribution in [3.8, 4) is 0 Å². The molecular weight excluding hydrogens is 264 g/mol. The number of urea groups is 1. The molecule has 1 atom stereocenters. The molecule has 1 aliphatic carbocycles. The maximum absolute atomic E-state index is 12.0. The Morgan fingerprint density at radius 3 is 2.71 bits per heavy atom. The molecular formula is C17H24N2O2. The van der Waals surface area contributed by atoms with Crippen LogP contribution in [0, 0.1) is 5.92 Å². The second-order valence-corrected chi connectivity index (χ2v) is 6.80. The van der Waals surface area contributed by atoms with Crippen LogP contribution in [0.4, 0.5) is 4.79 Å². The predicted octanol–water partition coefficient (Wildman–Crippen LogP) is 2.35. The van der Waals surface area contributed by atoms with E-state index in [0.29, 0.717) is 31.3 Å². The summed E-state index contributed by atoms with van der Waals surface area (Å²) in [7, 11) is 0. The number of β-amino-alcohol motifs (C(OH)–C–C–N with tert-alkyl or cyclic N) is 1. The van der Waals surface area contributed by atoms with Crippen LogP contribution in [0.15, 0.2) is 30.3 Å². The monoisotopic (exact) mass is 288 g/mol. The summed E-state index contributed by atoms with van der Waals surface area (Å²) in [6, 6.07) is 10.6. The van der Waals surface area contributed by atoms with Crippen LogP contribution in [0.25, 0.3) is 0 Å². The summed E-state index contributed by atoms with van der Waals surface area (Å²) >= 11 is 0. The number of nitrogens with one attached hydrogen (secondary N) is 1. The Labute approximate surface area is 126 Å². The molecule has 1 aromatic carbocycles. The van der Waals surface area contributed by atoms with Gasteiger partial charge in [-0.25, -0.2) is 4.79 Å². The smallest absolute Gasteiger partial charge is 0.317 e. The molecule has 3 rings (SSSR count). The van der Waals surface area contributed by atoms with E-state index in [1.807, 2.05) is 6.07 Å². The SMILES string of the molecule is C[C@@]1(O)CCN(C(=O)NCC2CC(c3ccccc3)C2)C1. The number of carbonyl (C=O) groups is 1. The highest BCUT2D eigenvalue weighted by Crippen LogP contribution is 2.41. The summed E-state index contributed by atoms with van der Waals surface area (Å²) in [5, 5.41) is 12.9. The van der Waals surface area contributed by atoms with Crippen molar-refractivity contribution in [2.75, 3.05) is 19.6 Å². The van der Waals surface area contributed by atoms with E-state index < -0.39 is 5.60 Å². The molecule has 2 amide bonds. The third kappa shape index (κ3) is 3.38. The Hall–Kier alpha value is -1.55. The average Bonchev–Trinajstić information content (AvgIpc) is 2.78. The molecule has 2 N–H and O–H groups in total. The van der Waals surface area contributed by atoms with Crippen LogP contribution in [0.3, 0.4) is 0 Å². The summed E-state index contributed by atoms with van der Waals surface area (Å²) in [5.74, 6) is 1.24. The van der Waals surface area contributed by atoms with E-state index in [9.17, 15) is 9.90 Å². The van der Waals surface area contributed by atoms with Crippen molar-refractivity contribution in [3.05, 3.63) is 35.9 Å². The molecule has 114 valence electrons. The number of carbonyl (C=O) groups excluding carboxylic acids is 1. The van der Waals surface area contributed by atoms with Gasteiger partial charge in [-0.3, -0.25) is 0 Å². The van der Waals surface area contributed by atoms with Crippen LogP contribution in [0.2, 0.25) is 0 Å². The normalized spacial score (nSPS) is 31.8. The van der Waals surface area contributed by atoms with Crippen molar-refractivity contribution in [2.24, 2.45) is 5.92 Å². The molecule has 2 fully saturated rings. The Bertz CT molecular complexity index is 495. The van der Waals surface area contributed by atoms with Gasteiger partial charge in [0.2, 0.25) is 0 Å². The van der Waals surface area contributed by atoms with Crippen LogP contribution in [0.5, 0.6) is 0 Å². The first-order valence-electron chi connectivity index (χ1n) is 7.84. The summed E-state index contributed by atoms with van der Waals surface area (Å²) in [6.07, 6.45) is 2.98. The summed E-state index contributed by atoms with van der Waals surface area (Å²) < 4.78 is 0. The number of amides is 2. The number of likely N-dealkylation sites (tertiary alicyclic amines) is 1. The summed E-state index contributed by atoms with van der Waals surface area (Å²) in [4.78, 5) is 13.7. The molecule has 0 bridgehead atoms. The fraction of sp³-hybridized carbons (Fsp3) is 0.588. The molecule has 1 saturated carbocycles. The minimum absolute atomic E-state index is 0.0315.